The third-order valence-electron chi connectivity index (χ3n) is 3.31. The highest BCUT2D eigenvalue weighted by molar-refractivity contribution is 7.91. The number of nitrogens with one attached hydrogen (secondary N) is 1. The molecule has 1 aromatic carbocycles. The maximum absolute atomic E-state index is 12.1. The van der Waals surface area contributed by atoms with E-state index in [-0.39, 0.29) is 35.7 Å². The number of carbonyl (C=O) groups is 2. The molecule has 0 spiro atoms. The van der Waals surface area contributed by atoms with Crippen LogP contribution in [0.25, 0.3) is 0 Å². The van der Waals surface area contributed by atoms with Crippen molar-refractivity contribution in [2.45, 2.75) is 13.0 Å². The largest absolute Gasteiger partial charge is 0.478 e. The van der Waals surface area contributed by atoms with E-state index in [1.54, 1.807) is 6.92 Å². The van der Waals surface area contributed by atoms with Crippen molar-refractivity contribution in [3.63, 3.8) is 0 Å². The Balaban J connectivity index is 2.03. The fourth-order valence-corrected chi connectivity index (χ4v) is 3.75. The van der Waals surface area contributed by atoms with Crippen LogP contribution in [0.4, 0.5) is 10.5 Å². The first-order valence-electron chi connectivity index (χ1n) is 6.40. The molecule has 1 aliphatic heterocycles. The van der Waals surface area contributed by atoms with Gasteiger partial charge in [-0.1, -0.05) is 0 Å². The van der Waals surface area contributed by atoms with Gasteiger partial charge in [-0.2, -0.15) is 0 Å². The minimum absolute atomic E-state index is 0.0390. The molecule has 2 amide bonds. The lowest BCUT2D eigenvalue weighted by molar-refractivity contribution is 0.0697. The summed E-state index contributed by atoms with van der Waals surface area (Å²) in [7, 11) is -3.07. The van der Waals surface area contributed by atoms with Crippen molar-refractivity contribution in [3.05, 3.63) is 29.8 Å². The third-order valence-corrected chi connectivity index (χ3v) is 5.11. The zero-order valence-corrected chi connectivity index (χ0v) is 12.3. The van der Waals surface area contributed by atoms with Crippen molar-refractivity contribution in [2.24, 2.45) is 0 Å². The molecular formula is C13H16N2O5S. The molecule has 1 aromatic rings. The van der Waals surface area contributed by atoms with E-state index in [2.05, 4.69) is 5.32 Å². The zero-order valence-electron chi connectivity index (χ0n) is 11.4. The molecule has 114 valence electrons. The van der Waals surface area contributed by atoms with Crippen molar-refractivity contribution in [3.8, 4) is 0 Å². The summed E-state index contributed by atoms with van der Waals surface area (Å²) in [5, 5.41) is 11.4. The third kappa shape index (κ3) is 3.72. The van der Waals surface area contributed by atoms with Gasteiger partial charge in [-0.25, -0.2) is 18.0 Å². The number of carboxylic acid groups (broad SMARTS) is 1. The minimum Gasteiger partial charge on any atom is -0.478 e. The summed E-state index contributed by atoms with van der Waals surface area (Å²) >= 11 is 0. The Morgan fingerprint density at radius 3 is 2.43 bits per heavy atom. The average Bonchev–Trinajstić information content (AvgIpc) is 2.37. The molecule has 0 saturated carbocycles. The second kappa shape index (κ2) is 5.72. The first-order valence-corrected chi connectivity index (χ1v) is 8.22. The van der Waals surface area contributed by atoms with Crippen LogP contribution < -0.4 is 5.32 Å². The van der Waals surface area contributed by atoms with Crippen LogP contribution in [-0.2, 0) is 9.84 Å². The van der Waals surface area contributed by atoms with Crippen LogP contribution in [0.1, 0.15) is 17.3 Å². The molecule has 7 nitrogen and oxygen atoms in total. The van der Waals surface area contributed by atoms with Crippen LogP contribution >= 0.6 is 0 Å². The van der Waals surface area contributed by atoms with Crippen LogP contribution in [0.15, 0.2) is 24.3 Å². The van der Waals surface area contributed by atoms with Crippen molar-refractivity contribution in [2.75, 3.05) is 23.4 Å². The second-order valence-corrected chi connectivity index (χ2v) is 7.20. The Morgan fingerprint density at radius 2 is 1.90 bits per heavy atom. The number of hydrogen-bond donors (Lipinski definition) is 2. The van der Waals surface area contributed by atoms with Crippen LogP contribution in [0.3, 0.4) is 0 Å². The predicted molar refractivity (Wildman–Crippen MR) is 77.2 cm³/mol. The topological polar surface area (TPSA) is 104 Å². The molecule has 0 aliphatic carbocycles. The number of aromatic carboxylic acids is 1. The molecular weight excluding hydrogens is 296 g/mol. The van der Waals surface area contributed by atoms with Crippen molar-refractivity contribution < 1.29 is 23.1 Å². The minimum atomic E-state index is -3.07. The Kier molecular flexibility index (Phi) is 4.17. The first kappa shape index (κ1) is 15.3. The smallest absolute Gasteiger partial charge is 0.335 e. The van der Waals surface area contributed by atoms with Gasteiger partial charge in [0.1, 0.15) is 0 Å². The molecule has 2 N–H and O–H groups in total. The molecule has 2 rings (SSSR count). The van der Waals surface area contributed by atoms with Gasteiger partial charge in [0.15, 0.2) is 9.84 Å². The Hall–Kier alpha value is -2.09. The number of rotatable bonds is 2. The lowest BCUT2D eigenvalue weighted by Crippen LogP contribution is -2.51. The van der Waals surface area contributed by atoms with Crippen LogP contribution in [0.2, 0.25) is 0 Å². The molecule has 1 unspecified atom stereocenters. The number of urea groups is 1. The van der Waals surface area contributed by atoms with Gasteiger partial charge in [-0.05, 0) is 31.2 Å². The molecule has 0 radical (unpaired) electrons. The van der Waals surface area contributed by atoms with Crippen molar-refractivity contribution in [1.29, 1.82) is 0 Å². The summed E-state index contributed by atoms with van der Waals surface area (Å²) in [5.74, 6) is -1.12. The van der Waals surface area contributed by atoms with Gasteiger partial charge in [0, 0.05) is 18.3 Å². The Morgan fingerprint density at radius 1 is 1.29 bits per heavy atom. The van der Waals surface area contributed by atoms with E-state index in [0.717, 1.165) is 0 Å². The molecule has 1 fully saturated rings. The molecule has 0 bridgehead atoms. The van der Waals surface area contributed by atoms with Gasteiger partial charge in [-0.3, -0.25) is 0 Å². The van der Waals surface area contributed by atoms with E-state index in [4.69, 9.17) is 5.11 Å². The van der Waals surface area contributed by atoms with Gasteiger partial charge in [0.25, 0.3) is 0 Å². The quantitative estimate of drug-likeness (QED) is 0.849. The molecule has 1 aliphatic rings. The summed E-state index contributed by atoms with van der Waals surface area (Å²) in [6.07, 6.45) is 0. The summed E-state index contributed by atoms with van der Waals surface area (Å²) in [6.45, 7) is 1.84. The summed E-state index contributed by atoms with van der Waals surface area (Å²) in [5.41, 5.74) is 0.594. The molecule has 8 heteroatoms. The summed E-state index contributed by atoms with van der Waals surface area (Å²) in [6, 6.07) is 4.99. The van der Waals surface area contributed by atoms with E-state index < -0.39 is 15.8 Å². The lowest BCUT2D eigenvalue weighted by Gasteiger charge is -2.33. The SMILES string of the molecule is CC1CS(=O)(=O)CCN1C(=O)Nc1ccc(C(=O)O)cc1. The van der Waals surface area contributed by atoms with Crippen molar-refractivity contribution >= 4 is 27.5 Å². The maximum atomic E-state index is 12.1. The normalized spacial score (nSPS) is 20.8. The van der Waals surface area contributed by atoms with Gasteiger partial charge in [0.05, 0.1) is 17.1 Å². The summed E-state index contributed by atoms with van der Waals surface area (Å²) < 4.78 is 22.9. The predicted octanol–water partition coefficient (Wildman–Crippen LogP) is 1.04. The highest BCUT2D eigenvalue weighted by Gasteiger charge is 2.31. The van der Waals surface area contributed by atoms with Gasteiger partial charge < -0.3 is 15.3 Å². The maximum Gasteiger partial charge on any atom is 0.335 e. The summed E-state index contributed by atoms with van der Waals surface area (Å²) in [4.78, 5) is 24.3. The van der Waals surface area contributed by atoms with E-state index in [1.807, 2.05) is 0 Å². The monoisotopic (exact) mass is 312 g/mol. The van der Waals surface area contributed by atoms with Gasteiger partial charge in [-0.15, -0.1) is 0 Å². The second-order valence-electron chi connectivity index (χ2n) is 4.97. The van der Waals surface area contributed by atoms with E-state index >= 15 is 0 Å². The van der Waals surface area contributed by atoms with Crippen LogP contribution in [0, 0.1) is 0 Å². The standard InChI is InChI=1S/C13H16N2O5S/c1-9-8-21(19,20)7-6-15(9)13(18)14-11-4-2-10(3-5-11)12(16)17/h2-5,9H,6-8H2,1H3,(H,14,18)(H,16,17). The molecule has 21 heavy (non-hydrogen) atoms. The first-order chi connectivity index (χ1) is 9.78. The molecule has 1 heterocycles. The number of amides is 2. The van der Waals surface area contributed by atoms with Crippen LogP contribution in [-0.4, -0.2) is 54.5 Å². The Labute approximate surface area is 122 Å². The highest BCUT2D eigenvalue weighted by Crippen LogP contribution is 2.15. The highest BCUT2D eigenvalue weighted by atomic mass is 32.2. The fourth-order valence-electron chi connectivity index (χ4n) is 2.19. The number of benzene rings is 1. The molecule has 1 saturated heterocycles. The number of carboxylic acids is 1. The fraction of sp³-hybridized carbons (Fsp3) is 0.385. The van der Waals surface area contributed by atoms with Crippen molar-refractivity contribution in [1.82, 2.24) is 4.90 Å². The lowest BCUT2D eigenvalue weighted by atomic mass is 10.2. The number of carbonyl (C=O) groups excluding carboxylic acids is 1. The van der Waals surface area contributed by atoms with Crippen LogP contribution in [0.5, 0.6) is 0 Å². The zero-order chi connectivity index (χ0) is 15.6. The number of nitrogens with zero attached hydrogens (tertiary/aromatic N) is 1. The van der Waals surface area contributed by atoms with Gasteiger partial charge >= 0.3 is 12.0 Å². The van der Waals surface area contributed by atoms with E-state index in [1.165, 1.54) is 29.2 Å². The Bertz CT molecular complexity index is 654. The average molecular weight is 312 g/mol. The number of sulfone groups is 1. The number of hydrogen-bond acceptors (Lipinski definition) is 4. The number of anilines is 1. The molecule has 1 atom stereocenters. The van der Waals surface area contributed by atoms with E-state index in [0.29, 0.717) is 5.69 Å². The molecule has 0 aromatic heterocycles. The van der Waals surface area contributed by atoms with E-state index in [9.17, 15) is 18.0 Å². The van der Waals surface area contributed by atoms with Gasteiger partial charge in [0.2, 0.25) is 0 Å².